The highest BCUT2D eigenvalue weighted by atomic mass is 16.2. The molecule has 6 nitrogen and oxygen atoms in total. The van der Waals surface area contributed by atoms with Gasteiger partial charge < -0.3 is 9.80 Å². The number of piperazine rings is 1. The molecule has 1 fully saturated rings. The van der Waals surface area contributed by atoms with Crippen LogP contribution in [0.3, 0.4) is 0 Å². The predicted octanol–water partition coefficient (Wildman–Crippen LogP) is 2.48. The molecule has 0 bridgehead atoms. The molecule has 4 rings (SSSR count). The molecular formula is C20H23N5O. The van der Waals surface area contributed by atoms with Gasteiger partial charge in [-0.3, -0.25) is 4.79 Å². The number of amides is 1. The molecule has 0 N–H and O–H groups in total. The van der Waals surface area contributed by atoms with E-state index in [-0.39, 0.29) is 5.91 Å². The van der Waals surface area contributed by atoms with E-state index in [0.29, 0.717) is 11.3 Å². The number of aromatic nitrogens is 3. The molecular weight excluding hydrogens is 326 g/mol. The van der Waals surface area contributed by atoms with Gasteiger partial charge in [-0.25, -0.2) is 9.50 Å². The first-order chi connectivity index (χ1) is 12.7. The molecule has 1 amide bonds. The minimum Gasteiger partial charge on any atom is -0.335 e. The molecule has 0 unspecified atom stereocenters. The number of carbonyl (C=O) groups excluding carboxylic acids is 1. The van der Waals surface area contributed by atoms with Crippen molar-refractivity contribution in [1.82, 2.24) is 24.4 Å². The normalized spacial score (nSPS) is 15.5. The second-order valence-corrected chi connectivity index (χ2v) is 6.67. The lowest BCUT2D eigenvalue weighted by molar-refractivity contribution is 0.0634. The van der Waals surface area contributed by atoms with E-state index in [1.807, 2.05) is 54.3 Å². The summed E-state index contributed by atoms with van der Waals surface area (Å²) < 4.78 is 1.68. The Bertz CT molecular complexity index is 926. The maximum atomic E-state index is 13.1. The summed E-state index contributed by atoms with van der Waals surface area (Å²) in [5, 5.41) is 4.67. The topological polar surface area (TPSA) is 53.7 Å². The Morgan fingerprint density at radius 3 is 2.50 bits per heavy atom. The zero-order valence-electron chi connectivity index (χ0n) is 15.2. The fraction of sp³-hybridized carbons (Fsp3) is 0.350. The van der Waals surface area contributed by atoms with Crippen molar-refractivity contribution in [3.63, 3.8) is 0 Å². The van der Waals surface area contributed by atoms with Crippen LogP contribution in [0.2, 0.25) is 0 Å². The Morgan fingerprint density at radius 1 is 1.08 bits per heavy atom. The third kappa shape index (κ3) is 3.08. The van der Waals surface area contributed by atoms with Crippen molar-refractivity contribution in [1.29, 1.82) is 0 Å². The maximum Gasteiger partial charge on any atom is 0.272 e. The molecule has 0 radical (unpaired) electrons. The van der Waals surface area contributed by atoms with Gasteiger partial charge >= 0.3 is 0 Å². The van der Waals surface area contributed by atoms with E-state index in [0.717, 1.165) is 49.7 Å². The number of hydrogen-bond donors (Lipinski definition) is 0. The van der Waals surface area contributed by atoms with Gasteiger partial charge in [0.25, 0.3) is 5.91 Å². The first kappa shape index (κ1) is 16.7. The molecule has 1 aliphatic heterocycles. The Labute approximate surface area is 153 Å². The summed E-state index contributed by atoms with van der Waals surface area (Å²) in [6.45, 7) is 8.45. The molecule has 1 aromatic carbocycles. The average Bonchev–Trinajstić information content (AvgIpc) is 3.11. The summed E-state index contributed by atoms with van der Waals surface area (Å²) in [5.41, 5.74) is 3.96. The van der Waals surface area contributed by atoms with Crippen LogP contribution < -0.4 is 0 Å². The van der Waals surface area contributed by atoms with Gasteiger partial charge in [-0.15, -0.1) is 0 Å². The van der Waals surface area contributed by atoms with Gasteiger partial charge in [0, 0.05) is 43.5 Å². The molecule has 26 heavy (non-hydrogen) atoms. The molecule has 1 aliphatic rings. The fourth-order valence-corrected chi connectivity index (χ4v) is 3.43. The summed E-state index contributed by atoms with van der Waals surface area (Å²) >= 11 is 0. The standard InChI is InChI=1S/C20H23N5O/c1-3-23-9-11-24(12-10-23)20(26)18-13-15(2)21-19-14-17(22-25(18)19)16-7-5-4-6-8-16/h4-8,13-14H,3,9-12H2,1-2H3. The SMILES string of the molecule is CCN1CCN(C(=O)c2cc(C)nc3cc(-c4ccccc4)nn23)CC1. The number of rotatable bonds is 3. The van der Waals surface area contributed by atoms with Gasteiger partial charge in [0.15, 0.2) is 5.65 Å². The number of nitrogens with zero attached hydrogens (tertiary/aromatic N) is 5. The molecule has 0 atom stereocenters. The first-order valence-corrected chi connectivity index (χ1v) is 9.10. The zero-order valence-corrected chi connectivity index (χ0v) is 15.2. The maximum absolute atomic E-state index is 13.1. The van der Waals surface area contributed by atoms with Crippen molar-refractivity contribution >= 4 is 11.6 Å². The van der Waals surface area contributed by atoms with E-state index < -0.39 is 0 Å². The number of hydrogen-bond acceptors (Lipinski definition) is 4. The summed E-state index contributed by atoms with van der Waals surface area (Å²) in [6, 6.07) is 13.7. The quantitative estimate of drug-likeness (QED) is 0.729. The lowest BCUT2D eigenvalue weighted by Gasteiger charge is -2.34. The minimum atomic E-state index is 0.0268. The van der Waals surface area contributed by atoms with Crippen molar-refractivity contribution in [3.05, 3.63) is 53.9 Å². The molecule has 3 aromatic rings. The second kappa shape index (κ2) is 6.88. The van der Waals surface area contributed by atoms with Crippen LogP contribution in [0.1, 0.15) is 23.1 Å². The van der Waals surface area contributed by atoms with Crippen LogP contribution in [0.15, 0.2) is 42.5 Å². The molecule has 2 aromatic heterocycles. The Kier molecular flexibility index (Phi) is 4.42. The Morgan fingerprint density at radius 2 is 1.81 bits per heavy atom. The molecule has 134 valence electrons. The molecule has 6 heteroatoms. The molecule has 3 heterocycles. The van der Waals surface area contributed by atoms with Crippen LogP contribution in [0, 0.1) is 6.92 Å². The Balaban J connectivity index is 1.70. The minimum absolute atomic E-state index is 0.0268. The smallest absolute Gasteiger partial charge is 0.272 e. The number of aryl methyl sites for hydroxylation is 1. The lowest BCUT2D eigenvalue weighted by atomic mass is 10.2. The molecule has 0 spiro atoms. The van der Waals surface area contributed by atoms with Gasteiger partial charge in [0.05, 0.1) is 5.69 Å². The predicted molar refractivity (Wildman–Crippen MR) is 101 cm³/mol. The van der Waals surface area contributed by atoms with E-state index in [9.17, 15) is 4.79 Å². The van der Waals surface area contributed by atoms with Gasteiger partial charge in [-0.2, -0.15) is 5.10 Å². The van der Waals surface area contributed by atoms with E-state index in [2.05, 4.69) is 21.9 Å². The first-order valence-electron chi connectivity index (χ1n) is 9.10. The fourth-order valence-electron chi connectivity index (χ4n) is 3.43. The second-order valence-electron chi connectivity index (χ2n) is 6.67. The van der Waals surface area contributed by atoms with Crippen molar-refractivity contribution in [2.45, 2.75) is 13.8 Å². The van der Waals surface area contributed by atoms with E-state index in [1.165, 1.54) is 0 Å². The third-order valence-electron chi connectivity index (χ3n) is 4.95. The largest absolute Gasteiger partial charge is 0.335 e. The third-order valence-corrected chi connectivity index (χ3v) is 4.95. The number of benzene rings is 1. The summed E-state index contributed by atoms with van der Waals surface area (Å²) in [5.74, 6) is 0.0268. The highest BCUT2D eigenvalue weighted by Gasteiger charge is 2.24. The van der Waals surface area contributed by atoms with Crippen LogP contribution in [0.25, 0.3) is 16.9 Å². The molecule has 0 saturated carbocycles. The van der Waals surface area contributed by atoms with Crippen LogP contribution in [-0.4, -0.2) is 63.0 Å². The van der Waals surface area contributed by atoms with E-state index in [4.69, 9.17) is 0 Å². The van der Waals surface area contributed by atoms with E-state index >= 15 is 0 Å². The van der Waals surface area contributed by atoms with Crippen LogP contribution in [0.5, 0.6) is 0 Å². The Hall–Kier alpha value is -2.73. The van der Waals surface area contributed by atoms with Crippen molar-refractivity contribution in [3.8, 4) is 11.3 Å². The average molecular weight is 349 g/mol. The van der Waals surface area contributed by atoms with Gasteiger partial charge in [-0.05, 0) is 19.5 Å². The highest BCUT2D eigenvalue weighted by Crippen LogP contribution is 2.20. The zero-order chi connectivity index (χ0) is 18.1. The van der Waals surface area contributed by atoms with Crippen LogP contribution in [-0.2, 0) is 0 Å². The van der Waals surface area contributed by atoms with Gasteiger partial charge in [0.2, 0.25) is 0 Å². The summed E-state index contributed by atoms with van der Waals surface area (Å²) in [4.78, 5) is 22.0. The summed E-state index contributed by atoms with van der Waals surface area (Å²) in [7, 11) is 0. The lowest BCUT2D eigenvalue weighted by Crippen LogP contribution is -2.48. The van der Waals surface area contributed by atoms with Gasteiger partial charge in [-0.1, -0.05) is 37.3 Å². The van der Waals surface area contributed by atoms with Crippen molar-refractivity contribution in [2.24, 2.45) is 0 Å². The van der Waals surface area contributed by atoms with Crippen LogP contribution in [0.4, 0.5) is 0 Å². The monoisotopic (exact) mass is 349 g/mol. The molecule has 1 saturated heterocycles. The van der Waals surface area contributed by atoms with Crippen molar-refractivity contribution in [2.75, 3.05) is 32.7 Å². The summed E-state index contributed by atoms with van der Waals surface area (Å²) in [6.07, 6.45) is 0. The number of carbonyl (C=O) groups is 1. The van der Waals surface area contributed by atoms with E-state index in [1.54, 1.807) is 4.52 Å². The van der Waals surface area contributed by atoms with Crippen LogP contribution >= 0.6 is 0 Å². The highest BCUT2D eigenvalue weighted by molar-refractivity contribution is 5.93. The van der Waals surface area contributed by atoms with Crippen molar-refractivity contribution < 1.29 is 4.79 Å². The number of likely N-dealkylation sites (N-methyl/N-ethyl adjacent to an activating group) is 1. The van der Waals surface area contributed by atoms with Gasteiger partial charge in [0.1, 0.15) is 5.69 Å². The number of fused-ring (bicyclic) bond motifs is 1. The molecule has 0 aliphatic carbocycles.